The monoisotopic (exact) mass is 471 g/mol. The van der Waals surface area contributed by atoms with Crippen LogP contribution in [0.5, 0.6) is 5.75 Å². The molecule has 1 saturated heterocycles. The van der Waals surface area contributed by atoms with E-state index in [4.69, 9.17) is 19.4 Å². The second-order valence-corrected chi connectivity index (χ2v) is 7.87. The summed E-state index contributed by atoms with van der Waals surface area (Å²) in [6, 6.07) is 13.6. The van der Waals surface area contributed by atoms with E-state index in [1.54, 1.807) is 19.5 Å². The molecule has 182 valence electrons. The molecule has 0 atom stereocenters. The minimum absolute atomic E-state index is 0.679. The van der Waals surface area contributed by atoms with Gasteiger partial charge in [0.25, 0.3) is 0 Å². The van der Waals surface area contributed by atoms with Gasteiger partial charge in [0.2, 0.25) is 5.95 Å². The van der Waals surface area contributed by atoms with Crippen molar-refractivity contribution in [2.45, 2.75) is 13.8 Å². The Labute approximate surface area is 207 Å². The number of benzene rings is 1. The maximum Gasteiger partial charge on any atom is 0.228 e. The molecule has 1 fully saturated rings. The van der Waals surface area contributed by atoms with Gasteiger partial charge >= 0.3 is 0 Å². The number of anilines is 3. The number of pyridine rings is 1. The smallest absolute Gasteiger partial charge is 0.228 e. The molecule has 1 aromatic carbocycles. The lowest BCUT2D eigenvalue weighted by Gasteiger charge is -2.27. The molecule has 1 N–H and O–H groups in total. The lowest BCUT2D eigenvalue weighted by atomic mass is 10.1. The van der Waals surface area contributed by atoms with Crippen LogP contribution in [0.4, 0.5) is 17.5 Å². The molecule has 7 nitrogen and oxygen atoms in total. The average molecular weight is 472 g/mol. The number of ether oxygens (including phenoxy) is 2. The second-order valence-electron chi connectivity index (χ2n) is 7.87. The molecule has 3 heterocycles. The summed E-state index contributed by atoms with van der Waals surface area (Å²) in [5.74, 6) is 2.20. The third-order valence-electron chi connectivity index (χ3n) is 4.99. The number of aromatic nitrogens is 3. The Kier molecular flexibility index (Phi) is 10.0. The van der Waals surface area contributed by atoms with Crippen molar-refractivity contribution in [2.24, 2.45) is 0 Å². The van der Waals surface area contributed by atoms with Gasteiger partial charge in [-0.1, -0.05) is 48.6 Å². The molecule has 0 aliphatic carbocycles. The highest BCUT2D eigenvalue weighted by Crippen LogP contribution is 2.27. The summed E-state index contributed by atoms with van der Waals surface area (Å²) in [6.45, 7) is 10.6. The number of methoxy groups -OCH3 is 1. The fourth-order valence-corrected chi connectivity index (χ4v) is 3.25. The number of nitrogens with zero attached hydrogens (tertiary/aromatic N) is 4. The maximum atomic E-state index is 5.45. The van der Waals surface area contributed by atoms with E-state index in [1.807, 2.05) is 80.6 Å². The highest BCUT2D eigenvalue weighted by atomic mass is 16.5. The summed E-state index contributed by atoms with van der Waals surface area (Å²) in [7, 11) is 1.66. The van der Waals surface area contributed by atoms with Crippen molar-refractivity contribution in [1.29, 1.82) is 0 Å². The number of allylic oxidation sites excluding steroid dienone is 5. The normalized spacial score (nSPS) is 13.4. The highest BCUT2D eigenvalue weighted by molar-refractivity contribution is 5.68. The van der Waals surface area contributed by atoms with Gasteiger partial charge in [-0.3, -0.25) is 4.98 Å². The number of rotatable bonds is 7. The molecular formula is C28H33N5O2. The van der Waals surface area contributed by atoms with Crippen molar-refractivity contribution in [3.8, 4) is 17.0 Å². The van der Waals surface area contributed by atoms with Crippen LogP contribution in [0, 0.1) is 0 Å². The fourth-order valence-electron chi connectivity index (χ4n) is 3.25. The Morgan fingerprint density at radius 1 is 1.11 bits per heavy atom. The zero-order valence-electron chi connectivity index (χ0n) is 20.6. The SMILES string of the molecule is C=C(C)/C=C\C=C/C.COc1cccc(-c2cc(Nc3cccnc3)nc(N3CCOCC3)n2)c1. The van der Waals surface area contributed by atoms with E-state index >= 15 is 0 Å². The molecule has 35 heavy (non-hydrogen) atoms. The van der Waals surface area contributed by atoms with Crippen LogP contribution in [-0.4, -0.2) is 48.4 Å². The third-order valence-corrected chi connectivity index (χ3v) is 4.99. The van der Waals surface area contributed by atoms with Crippen molar-refractivity contribution in [3.63, 3.8) is 0 Å². The van der Waals surface area contributed by atoms with Crippen molar-refractivity contribution < 1.29 is 9.47 Å². The first kappa shape index (κ1) is 25.6. The first-order chi connectivity index (χ1) is 17.1. The van der Waals surface area contributed by atoms with Gasteiger partial charge in [-0.25, -0.2) is 4.98 Å². The van der Waals surface area contributed by atoms with Gasteiger partial charge in [0, 0.05) is 30.9 Å². The molecule has 0 bridgehead atoms. The Morgan fingerprint density at radius 3 is 2.63 bits per heavy atom. The minimum atomic E-state index is 0.679. The first-order valence-electron chi connectivity index (χ1n) is 11.6. The Morgan fingerprint density at radius 2 is 1.94 bits per heavy atom. The third kappa shape index (κ3) is 8.39. The molecule has 0 radical (unpaired) electrons. The van der Waals surface area contributed by atoms with Gasteiger partial charge in [0.15, 0.2) is 0 Å². The number of hydrogen-bond acceptors (Lipinski definition) is 7. The summed E-state index contributed by atoms with van der Waals surface area (Å²) in [5, 5.41) is 3.32. The molecule has 0 saturated carbocycles. The molecule has 0 amide bonds. The lowest BCUT2D eigenvalue weighted by Crippen LogP contribution is -2.37. The van der Waals surface area contributed by atoms with E-state index in [2.05, 4.69) is 21.8 Å². The van der Waals surface area contributed by atoms with Crippen LogP contribution in [0.25, 0.3) is 11.3 Å². The number of nitrogens with one attached hydrogen (secondary N) is 1. The van der Waals surface area contributed by atoms with E-state index < -0.39 is 0 Å². The number of morpholine rings is 1. The van der Waals surface area contributed by atoms with Crippen molar-refractivity contribution in [2.75, 3.05) is 43.6 Å². The van der Waals surface area contributed by atoms with Gasteiger partial charge in [0.1, 0.15) is 11.6 Å². The van der Waals surface area contributed by atoms with E-state index in [9.17, 15) is 0 Å². The zero-order chi connectivity index (χ0) is 24.9. The zero-order valence-corrected chi connectivity index (χ0v) is 20.6. The first-order valence-corrected chi connectivity index (χ1v) is 11.6. The topological polar surface area (TPSA) is 72.4 Å². The molecule has 7 heteroatoms. The van der Waals surface area contributed by atoms with Gasteiger partial charge in [-0.15, -0.1) is 0 Å². The van der Waals surface area contributed by atoms with Gasteiger partial charge in [-0.05, 0) is 38.1 Å². The summed E-state index contributed by atoms with van der Waals surface area (Å²) >= 11 is 0. The van der Waals surface area contributed by atoms with E-state index in [0.29, 0.717) is 19.2 Å². The molecule has 0 spiro atoms. The summed E-state index contributed by atoms with van der Waals surface area (Å²) < 4.78 is 10.8. The van der Waals surface area contributed by atoms with E-state index in [1.165, 1.54) is 0 Å². The van der Waals surface area contributed by atoms with Crippen molar-refractivity contribution in [3.05, 3.63) is 91.3 Å². The lowest BCUT2D eigenvalue weighted by molar-refractivity contribution is 0.122. The predicted molar refractivity (Wildman–Crippen MR) is 143 cm³/mol. The predicted octanol–water partition coefficient (Wildman–Crippen LogP) is 5.82. The van der Waals surface area contributed by atoms with Gasteiger partial charge < -0.3 is 19.7 Å². The molecule has 2 aromatic heterocycles. The quantitative estimate of drug-likeness (QED) is 0.435. The van der Waals surface area contributed by atoms with Crippen LogP contribution in [0.3, 0.4) is 0 Å². The summed E-state index contributed by atoms with van der Waals surface area (Å²) in [4.78, 5) is 15.8. The van der Waals surface area contributed by atoms with Gasteiger partial charge in [-0.2, -0.15) is 4.98 Å². The van der Waals surface area contributed by atoms with Crippen molar-refractivity contribution >= 4 is 17.5 Å². The number of hydrogen-bond donors (Lipinski definition) is 1. The molecule has 3 aromatic rings. The summed E-state index contributed by atoms with van der Waals surface area (Å²) in [5.41, 5.74) is 3.76. The molecule has 1 aliphatic rings. The van der Waals surface area contributed by atoms with Crippen molar-refractivity contribution in [1.82, 2.24) is 15.0 Å². The highest BCUT2D eigenvalue weighted by Gasteiger charge is 2.16. The largest absolute Gasteiger partial charge is 0.497 e. The Balaban J connectivity index is 0.000000371. The van der Waals surface area contributed by atoms with E-state index in [0.717, 1.165) is 47.2 Å². The molecular weight excluding hydrogens is 438 g/mol. The Hall–Kier alpha value is -3.97. The van der Waals surface area contributed by atoms with Crippen LogP contribution in [0.15, 0.2) is 91.3 Å². The summed E-state index contributed by atoms with van der Waals surface area (Å²) in [6.07, 6.45) is 11.4. The van der Waals surface area contributed by atoms with Crippen LogP contribution < -0.4 is 15.0 Å². The molecule has 0 unspecified atom stereocenters. The van der Waals surface area contributed by atoms with Crippen LogP contribution >= 0.6 is 0 Å². The van der Waals surface area contributed by atoms with Crippen LogP contribution in [-0.2, 0) is 4.74 Å². The second kappa shape index (κ2) is 13.7. The van der Waals surface area contributed by atoms with E-state index in [-0.39, 0.29) is 0 Å². The maximum absolute atomic E-state index is 5.45. The van der Waals surface area contributed by atoms with Crippen LogP contribution in [0.1, 0.15) is 13.8 Å². The Bertz CT molecular complexity index is 1140. The minimum Gasteiger partial charge on any atom is -0.497 e. The fraction of sp³-hybridized carbons (Fsp3) is 0.250. The average Bonchev–Trinajstić information content (AvgIpc) is 2.90. The van der Waals surface area contributed by atoms with Gasteiger partial charge in [0.05, 0.1) is 37.9 Å². The van der Waals surface area contributed by atoms with Crippen LogP contribution in [0.2, 0.25) is 0 Å². The standard InChI is InChI=1S/C20H21N5O2.C8H12/c1-26-17-6-2-4-15(12-17)18-13-19(22-16-5-3-7-21-14-16)24-20(23-18)25-8-10-27-11-9-25;1-4-5-6-7-8(2)3/h2-7,12-14H,8-11H2,1H3,(H,22,23,24);4-7H,2H2,1,3H3/b;5-4-,7-6-. The molecule has 4 rings (SSSR count). The molecule has 1 aliphatic heterocycles.